The number of rotatable bonds is 4. The van der Waals surface area contributed by atoms with Crippen molar-refractivity contribution in [1.82, 2.24) is 9.88 Å². The number of carbonyl (C=O) groups excluding carboxylic acids is 1. The van der Waals surface area contributed by atoms with E-state index in [1.807, 2.05) is 36.9 Å². The van der Waals surface area contributed by atoms with Crippen molar-refractivity contribution in [3.05, 3.63) is 29.6 Å². The van der Waals surface area contributed by atoms with Crippen LogP contribution in [-0.2, 0) is 16.1 Å². The fraction of sp³-hybridized carbons (Fsp3) is 0.667. The molecule has 1 aromatic heterocycles. The first kappa shape index (κ1) is 15.5. The van der Waals surface area contributed by atoms with Crippen LogP contribution in [0.1, 0.15) is 31.2 Å². The molecule has 0 bridgehead atoms. The van der Waals surface area contributed by atoms with E-state index in [2.05, 4.69) is 16.8 Å². The Morgan fingerprint density at radius 1 is 1.48 bits per heavy atom. The Morgan fingerprint density at radius 3 is 2.96 bits per heavy atom. The van der Waals surface area contributed by atoms with Gasteiger partial charge in [0.1, 0.15) is 0 Å². The SMILES string of the molecule is Cc1cccc(CO[C@@H]2CSC3(C2)CN(C(=O)[C@H]2C[C@H]2C)C3)n1. The minimum atomic E-state index is 0.262. The van der Waals surface area contributed by atoms with E-state index in [1.165, 1.54) is 0 Å². The lowest BCUT2D eigenvalue weighted by Gasteiger charge is -2.47. The summed E-state index contributed by atoms with van der Waals surface area (Å²) in [7, 11) is 0. The number of hydrogen-bond donors (Lipinski definition) is 0. The van der Waals surface area contributed by atoms with E-state index in [0.29, 0.717) is 30.5 Å². The minimum Gasteiger partial charge on any atom is -0.371 e. The number of thioether (sulfide) groups is 1. The maximum absolute atomic E-state index is 12.2. The second-order valence-electron chi connectivity index (χ2n) is 7.42. The lowest BCUT2D eigenvalue weighted by atomic mass is 9.92. The minimum absolute atomic E-state index is 0.262. The normalized spacial score (nSPS) is 31.2. The lowest BCUT2D eigenvalue weighted by Crippen LogP contribution is -2.61. The molecule has 3 atom stereocenters. The number of carbonyl (C=O) groups is 1. The number of hydrogen-bond acceptors (Lipinski definition) is 4. The van der Waals surface area contributed by atoms with Gasteiger partial charge >= 0.3 is 0 Å². The molecule has 3 heterocycles. The Bertz CT molecular complexity index is 615. The molecule has 4 nitrogen and oxygen atoms in total. The predicted octanol–water partition coefficient (Wildman–Crippen LogP) is 2.65. The molecule has 2 aliphatic heterocycles. The highest BCUT2D eigenvalue weighted by Gasteiger charge is 2.53. The van der Waals surface area contributed by atoms with Gasteiger partial charge in [-0.15, -0.1) is 11.8 Å². The molecule has 1 saturated carbocycles. The zero-order valence-corrected chi connectivity index (χ0v) is 14.6. The summed E-state index contributed by atoms with van der Waals surface area (Å²) >= 11 is 1.99. The average molecular weight is 332 g/mol. The lowest BCUT2D eigenvalue weighted by molar-refractivity contribution is -0.138. The van der Waals surface area contributed by atoms with Gasteiger partial charge < -0.3 is 9.64 Å². The third kappa shape index (κ3) is 3.13. The van der Waals surface area contributed by atoms with Gasteiger partial charge in [-0.05, 0) is 37.8 Å². The van der Waals surface area contributed by atoms with E-state index in [0.717, 1.165) is 43.1 Å². The first-order valence-electron chi connectivity index (χ1n) is 8.52. The van der Waals surface area contributed by atoms with Crippen LogP contribution in [0, 0.1) is 18.8 Å². The van der Waals surface area contributed by atoms with E-state index in [-0.39, 0.29) is 4.75 Å². The van der Waals surface area contributed by atoms with Crippen LogP contribution in [0.25, 0.3) is 0 Å². The molecule has 124 valence electrons. The summed E-state index contributed by atoms with van der Waals surface area (Å²) in [6.45, 7) is 6.60. The molecule has 23 heavy (non-hydrogen) atoms. The predicted molar refractivity (Wildman–Crippen MR) is 91.2 cm³/mol. The smallest absolute Gasteiger partial charge is 0.226 e. The number of nitrogens with zero attached hydrogens (tertiary/aromatic N) is 2. The average Bonchev–Trinajstić information content (AvgIpc) is 3.07. The van der Waals surface area contributed by atoms with E-state index >= 15 is 0 Å². The van der Waals surface area contributed by atoms with Crippen molar-refractivity contribution in [2.75, 3.05) is 18.8 Å². The van der Waals surface area contributed by atoms with Crippen LogP contribution in [0.4, 0.5) is 0 Å². The number of aryl methyl sites for hydroxylation is 1. The number of aromatic nitrogens is 1. The summed E-state index contributed by atoms with van der Waals surface area (Å²) < 4.78 is 6.32. The Balaban J connectivity index is 1.25. The Labute approximate surface area is 142 Å². The molecule has 3 fully saturated rings. The molecule has 0 aromatic carbocycles. The first-order chi connectivity index (χ1) is 11.0. The quantitative estimate of drug-likeness (QED) is 0.850. The molecule has 1 aliphatic carbocycles. The third-order valence-corrected chi connectivity index (χ3v) is 6.86. The Kier molecular flexibility index (Phi) is 3.88. The summed E-state index contributed by atoms with van der Waals surface area (Å²) in [5.74, 6) is 2.34. The Hall–Kier alpha value is -1.07. The summed E-state index contributed by atoms with van der Waals surface area (Å²) in [4.78, 5) is 18.8. The van der Waals surface area contributed by atoms with Crippen LogP contribution < -0.4 is 0 Å². The van der Waals surface area contributed by atoms with E-state index in [9.17, 15) is 4.79 Å². The van der Waals surface area contributed by atoms with E-state index in [1.54, 1.807) is 0 Å². The molecular weight excluding hydrogens is 308 g/mol. The van der Waals surface area contributed by atoms with Gasteiger partial charge in [0.25, 0.3) is 0 Å². The highest BCUT2D eigenvalue weighted by Crippen LogP contribution is 2.48. The molecular formula is C18H24N2O2S. The largest absolute Gasteiger partial charge is 0.371 e. The summed E-state index contributed by atoms with van der Waals surface area (Å²) in [5, 5.41) is 0. The first-order valence-corrected chi connectivity index (χ1v) is 9.50. The van der Waals surface area contributed by atoms with Crippen molar-refractivity contribution in [3.63, 3.8) is 0 Å². The van der Waals surface area contributed by atoms with Crippen LogP contribution >= 0.6 is 11.8 Å². The summed E-state index contributed by atoms with van der Waals surface area (Å²) in [5.41, 5.74) is 2.04. The van der Waals surface area contributed by atoms with Crippen molar-refractivity contribution in [2.45, 2.75) is 44.1 Å². The zero-order chi connectivity index (χ0) is 16.0. The van der Waals surface area contributed by atoms with Gasteiger partial charge in [0.2, 0.25) is 5.91 Å². The van der Waals surface area contributed by atoms with Crippen LogP contribution in [0.3, 0.4) is 0 Å². The van der Waals surface area contributed by atoms with Crippen molar-refractivity contribution in [1.29, 1.82) is 0 Å². The van der Waals surface area contributed by atoms with Crippen LogP contribution in [0.5, 0.6) is 0 Å². The van der Waals surface area contributed by atoms with Gasteiger partial charge in [-0.2, -0.15) is 0 Å². The molecule has 1 spiro atoms. The third-order valence-electron chi connectivity index (χ3n) is 5.28. The molecule has 3 aliphatic rings. The summed E-state index contributed by atoms with van der Waals surface area (Å²) in [6, 6.07) is 6.05. The molecule has 5 heteroatoms. The standard InChI is InChI=1S/C18H24N2O2S/c1-12-6-16(12)17(21)20-10-18(11-20)7-15(9-23-18)22-8-14-5-3-4-13(2)19-14/h3-5,12,15-16H,6-11H2,1-2H3/t12-,15+,16+/m1/s1. The zero-order valence-electron chi connectivity index (χ0n) is 13.8. The number of pyridine rings is 1. The molecule has 1 aromatic rings. The number of likely N-dealkylation sites (tertiary alicyclic amines) is 1. The molecule has 0 N–H and O–H groups in total. The molecule has 2 saturated heterocycles. The summed E-state index contributed by atoms with van der Waals surface area (Å²) in [6.07, 6.45) is 2.44. The molecule has 0 unspecified atom stereocenters. The van der Waals surface area contributed by atoms with Gasteiger partial charge in [-0.25, -0.2) is 0 Å². The highest BCUT2D eigenvalue weighted by molar-refractivity contribution is 8.01. The molecule has 4 rings (SSSR count). The van der Waals surface area contributed by atoms with Gasteiger partial charge in [-0.1, -0.05) is 13.0 Å². The monoisotopic (exact) mass is 332 g/mol. The second kappa shape index (κ2) is 5.78. The maximum Gasteiger partial charge on any atom is 0.226 e. The van der Waals surface area contributed by atoms with Crippen LogP contribution in [-0.4, -0.2) is 45.5 Å². The fourth-order valence-corrected chi connectivity index (χ4v) is 5.27. The van der Waals surface area contributed by atoms with Gasteiger partial charge in [0.05, 0.1) is 23.2 Å². The van der Waals surface area contributed by atoms with Crippen molar-refractivity contribution in [2.24, 2.45) is 11.8 Å². The van der Waals surface area contributed by atoms with Crippen molar-refractivity contribution >= 4 is 17.7 Å². The highest BCUT2D eigenvalue weighted by atomic mass is 32.2. The van der Waals surface area contributed by atoms with Crippen molar-refractivity contribution < 1.29 is 9.53 Å². The number of ether oxygens (including phenoxy) is 1. The van der Waals surface area contributed by atoms with Gasteiger partial charge in [-0.3, -0.25) is 9.78 Å². The van der Waals surface area contributed by atoms with E-state index in [4.69, 9.17) is 4.74 Å². The number of amides is 1. The fourth-order valence-electron chi connectivity index (χ4n) is 3.72. The van der Waals surface area contributed by atoms with Crippen molar-refractivity contribution in [3.8, 4) is 0 Å². The topological polar surface area (TPSA) is 42.4 Å². The van der Waals surface area contributed by atoms with Crippen LogP contribution in [0.15, 0.2) is 18.2 Å². The Morgan fingerprint density at radius 2 is 2.26 bits per heavy atom. The second-order valence-corrected chi connectivity index (χ2v) is 8.90. The van der Waals surface area contributed by atoms with Crippen LogP contribution in [0.2, 0.25) is 0 Å². The van der Waals surface area contributed by atoms with Gasteiger partial charge in [0, 0.05) is 30.5 Å². The van der Waals surface area contributed by atoms with E-state index < -0.39 is 0 Å². The maximum atomic E-state index is 12.2. The molecule has 0 radical (unpaired) electrons. The molecule has 1 amide bonds. The van der Waals surface area contributed by atoms with Gasteiger partial charge in [0.15, 0.2) is 0 Å².